The SMILES string of the molecule is Cc1ccc(-c2ncn(-c3ccc(Nc4nccc(-c5cc(F)cc(-c6cnoc6)c5)n4)cc3)n2)cn1. The zero-order valence-corrected chi connectivity index (χ0v) is 19.6. The molecule has 0 aliphatic heterocycles. The Morgan fingerprint density at radius 1 is 0.838 bits per heavy atom. The summed E-state index contributed by atoms with van der Waals surface area (Å²) < 4.78 is 20.9. The molecule has 0 saturated carbocycles. The highest BCUT2D eigenvalue weighted by Gasteiger charge is 2.10. The lowest BCUT2D eigenvalue weighted by molar-refractivity contribution is 0.420. The molecule has 9 nitrogen and oxygen atoms in total. The van der Waals surface area contributed by atoms with Gasteiger partial charge in [-0.15, -0.1) is 5.10 Å². The molecule has 6 aromatic rings. The predicted molar refractivity (Wildman–Crippen MR) is 136 cm³/mol. The van der Waals surface area contributed by atoms with Crippen molar-refractivity contribution < 1.29 is 8.91 Å². The van der Waals surface area contributed by atoms with E-state index in [4.69, 9.17) is 4.52 Å². The van der Waals surface area contributed by atoms with E-state index in [9.17, 15) is 4.39 Å². The lowest BCUT2D eigenvalue weighted by Crippen LogP contribution is -1.99. The van der Waals surface area contributed by atoms with E-state index in [0.717, 1.165) is 22.6 Å². The Kier molecular flexibility index (Phi) is 5.66. The Labute approximate surface area is 210 Å². The first-order valence-electron chi connectivity index (χ1n) is 11.4. The summed E-state index contributed by atoms with van der Waals surface area (Å²) in [5.74, 6) is 0.604. The summed E-state index contributed by atoms with van der Waals surface area (Å²) in [7, 11) is 0. The van der Waals surface area contributed by atoms with Gasteiger partial charge >= 0.3 is 0 Å². The third kappa shape index (κ3) is 4.80. The Bertz CT molecular complexity index is 1660. The van der Waals surface area contributed by atoms with Crippen molar-refractivity contribution in [1.29, 1.82) is 0 Å². The van der Waals surface area contributed by atoms with Crippen molar-refractivity contribution in [3.05, 3.63) is 103 Å². The second-order valence-corrected chi connectivity index (χ2v) is 8.28. The topological polar surface area (TPSA) is 107 Å². The average molecular weight is 491 g/mol. The van der Waals surface area contributed by atoms with Crippen LogP contribution in [0.3, 0.4) is 0 Å². The van der Waals surface area contributed by atoms with Crippen LogP contribution in [0.25, 0.3) is 39.5 Å². The maximum atomic E-state index is 14.3. The van der Waals surface area contributed by atoms with Crippen molar-refractivity contribution in [2.75, 3.05) is 5.32 Å². The molecule has 180 valence electrons. The average Bonchev–Trinajstić information content (AvgIpc) is 3.63. The van der Waals surface area contributed by atoms with Gasteiger partial charge in [0.25, 0.3) is 0 Å². The van der Waals surface area contributed by atoms with E-state index in [1.165, 1.54) is 24.6 Å². The number of nitrogens with zero attached hydrogens (tertiary/aromatic N) is 7. The summed E-state index contributed by atoms with van der Waals surface area (Å²) in [6.45, 7) is 1.94. The molecule has 0 atom stereocenters. The van der Waals surface area contributed by atoms with Crippen molar-refractivity contribution >= 4 is 11.6 Å². The first-order chi connectivity index (χ1) is 18.1. The molecular formula is C27H19FN8O. The normalized spacial score (nSPS) is 11.0. The second-order valence-electron chi connectivity index (χ2n) is 8.28. The molecule has 0 unspecified atom stereocenters. The fourth-order valence-electron chi connectivity index (χ4n) is 3.78. The lowest BCUT2D eigenvalue weighted by Gasteiger charge is -2.09. The third-order valence-electron chi connectivity index (χ3n) is 5.66. The van der Waals surface area contributed by atoms with Gasteiger partial charge in [0, 0.05) is 40.5 Å². The smallest absolute Gasteiger partial charge is 0.227 e. The molecule has 0 aliphatic rings. The largest absolute Gasteiger partial charge is 0.364 e. The van der Waals surface area contributed by atoms with Crippen molar-refractivity contribution in [3.8, 4) is 39.5 Å². The number of hydrogen-bond donors (Lipinski definition) is 1. The minimum Gasteiger partial charge on any atom is -0.364 e. The highest BCUT2D eigenvalue weighted by atomic mass is 19.1. The molecule has 10 heteroatoms. The standard InChI is InChI=1S/C27H19FN8O/c1-17-2-3-18(13-30-17)26-31-16-36(35-26)24-6-4-23(5-7-24)33-27-29-9-8-25(34-27)20-10-19(11-22(28)12-20)21-14-32-37-15-21/h2-16H,1H3,(H,29,33,34). The number of anilines is 2. The minimum atomic E-state index is -0.382. The van der Waals surface area contributed by atoms with Gasteiger partial charge in [-0.1, -0.05) is 5.16 Å². The van der Waals surface area contributed by atoms with Crippen LogP contribution in [0.4, 0.5) is 16.0 Å². The summed E-state index contributed by atoms with van der Waals surface area (Å²) >= 11 is 0. The van der Waals surface area contributed by atoms with Crippen LogP contribution in [0.2, 0.25) is 0 Å². The number of halogens is 1. The van der Waals surface area contributed by atoms with E-state index in [2.05, 4.69) is 35.5 Å². The van der Waals surface area contributed by atoms with Gasteiger partial charge in [-0.25, -0.2) is 24.0 Å². The summed E-state index contributed by atoms with van der Waals surface area (Å²) in [6, 6.07) is 17.9. The van der Waals surface area contributed by atoms with Gasteiger partial charge in [-0.2, -0.15) is 0 Å². The fourth-order valence-corrected chi connectivity index (χ4v) is 3.78. The summed E-state index contributed by atoms with van der Waals surface area (Å²) in [5, 5.41) is 11.4. The van der Waals surface area contributed by atoms with Gasteiger partial charge in [0.05, 0.1) is 17.6 Å². The van der Waals surface area contributed by atoms with Crippen molar-refractivity contribution in [1.82, 2.24) is 34.9 Å². The predicted octanol–water partition coefficient (Wildman–Crippen LogP) is 5.63. The molecular weight excluding hydrogens is 471 g/mol. The van der Waals surface area contributed by atoms with Crippen molar-refractivity contribution in [2.24, 2.45) is 0 Å². The molecule has 37 heavy (non-hydrogen) atoms. The first-order valence-corrected chi connectivity index (χ1v) is 11.4. The lowest BCUT2D eigenvalue weighted by atomic mass is 10.0. The van der Waals surface area contributed by atoms with Gasteiger partial charge in [0.1, 0.15) is 18.4 Å². The zero-order chi connectivity index (χ0) is 25.2. The molecule has 0 aliphatic carbocycles. The molecule has 0 fully saturated rings. The van der Waals surface area contributed by atoms with Gasteiger partial charge < -0.3 is 9.84 Å². The molecule has 0 saturated heterocycles. The summed E-state index contributed by atoms with van der Waals surface area (Å²) in [5.41, 5.74) is 5.95. The Balaban J connectivity index is 1.20. The van der Waals surface area contributed by atoms with E-state index < -0.39 is 0 Å². The number of aryl methyl sites for hydroxylation is 1. The molecule has 6 rings (SSSR count). The van der Waals surface area contributed by atoms with Crippen LogP contribution < -0.4 is 5.32 Å². The van der Waals surface area contributed by atoms with E-state index >= 15 is 0 Å². The van der Waals surface area contributed by atoms with Gasteiger partial charge in [-0.3, -0.25) is 4.98 Å². The first kappa shape index (κ1) is 22.2. The molecule has 0 radical (unpaired) electrons. The van der Waals surface area contributed by atoms with Crippen LogP contribution >= 0.6 is 0 Å². The second kappa shape index (κ2) is 9.42. The Morgan fingerprint density at radius 2 is 1.70 bits per heavy atom. The third-order valence-corrected chi connectivity index (χ3v) is 5.66. The maximum Gasteiger partial charge on any atom is 0.227 e. The van der Waals surface area contributed by atoms with Gasteiger partial charge in [0.2, 0.25) is 5.95 Å². The van der Waals surface area contributed by atoms with E-state index in [1.54, 1.807) is 29.5 Å². The molecule has 4 heterocycles. The summed E-state index contributed by atoms with van der Waals surface area (Å²) in [4.78, 5) is 17.6. The molecule has 4 aromatic heterocycles. The molecule has 2 aromatic carbocycles. The minimum absolute atomic E-state index is 0.382. The van der Waals surface area contributed by atoms with Crippen LogP contribution in [0.15, 0.2) is 96.4 Å². The zero-order valence-electron chi connectivity index (χ0n) is 19.6. The molecule has 0 amide bonds. The fraction of sp³-hybridized carbons (Fsp3) is 0.0370. The number of hydrogen-bond acceptors (Lipinski definition) is 8. The van der Waals surface area contributed by atoms with E-state index in [-0.39, 0.29) is 5.82 Å². The van der Waals surface area contributed by atoms with Crippen LogP contribution in [0.5, 0.6) is 0 Å². The number of aromatic nitrogens is 7. The Hall–Kier alpha value is -5.25. The molecule has 0 spiro atoms. The van der Waals surface area contributed by atoms with Crippen molar-refractivity contribution in [3.63, 3.8) is 0 Å². The van der Waals surface area contributed by atoms with Gasteiger partial charge in [-0.05, 0) is 73.2 Å². The van der Waals surface area contributed by atoms with Crippen LogP contribution in [0, 0.1) is 12.7 Å². The highest BCUT2D eigenvalue weighted by molar-refractivity contribution is 5.71. The highest BCUT2D eigenvalue weighted by Crippen LogP contribution is 2.27. The van der Waals surface area contributed by atoms with E-state index in [1.807, 2.05) is 49.4 Å². The van der Waals surface area contributed by atoms with Crippen LogP contribution in [-0.2, 0) is 0 Å². The number of nitrogens with one attached hydrogen (secondary N) is 1. The van der Waals surface area contributed by atoms with E-state index in [0.29, 0.717) is 34.2 Å². The molecule has 0 bridgehead atoms. The van der Waals surface area contributed by atoms with Gasteiger partial charge in [0.15, 0.2) is 5.82 Å². The van der Waals surface area contributed by atoms with Crippen LogP contribution in [-0.4, -0.2) is 34.9 Å². The molecule has 1 N–H and O–H groups in total. The number of pyridine rings is 1. The van der Waals surface area contributed by atoms with Crippen molar-refractivity contribution in [2.45, 2.75) is 6.92 Å². The summed E-state index contributed by atoms with van der Waals surface area (Å²) in [6.07, 6.45) is 8.05. The monoisotopic (exact) mass is 490 g/mol. The van der Waals surface area contributed by atoms with Crippen LogP contribution in [0.1, 0.15) is 5.69 Å². The quantitative estimate of drug-likeness (QED) is 0.320. The maximum absolute atomic E-state index is 14.3. The Morgan fingerprint density at radius 3 is 2.49 bits per heavy atom. The number of rotatable bonds is 6. The number of benzene rings is 2.